The van der Waals surface area contributed by atoms with E-state index in [9.17, 15) is 0 Å². The molecule has 2 aliphatic heterocycles. The summed E-state index contributed by atoms with van der Waals surface area (Å²) in [6.07, 6.45) is 2.59. The van der Waals surface area contributed by atoms with Gasteiger partial charge in [-0.2, -0.15) is 0 Å². The maximum Gasteiger partial charge on any atom is 0.0594 e. The van der Waals surface area contributed by atoms with Crippen LogP contribution in [0.2, 0.25) is 0 Å². The molecule has 0 unspecified atom stereocenters. The Kier molecular flexibility index (Phi) is 3.19. The van der Waals surface area contributed by atoms with E-state index in [1.165, 1.54) is 19.4 Å². The predicted octanol–water partition coefficient (Wildman–Crippen LogP) is 0.459. The zero-order valence-electron chi connectivity index (χ0n) is 8.46. The van der Waals surface area contributed by atoms with E-state index in [2.05, 4.69) is 17.1 Å². The molecule has 0 spiro atoms. The lowest BCUT2D eigenvalue weighted by Gasteiger charge is -2.31. The molecule has 2 fully saturated rings. The molecule has 76 valence electrons. The molecule has 3 heteroatoms. The van der Waals surface area contributed by atoms with E-state index in [1.807, 2.05) is 0 Å². The fourth-order valence-corrected chi connectivity index (χ4v) is 2.33. The average Bonchev–Trinajstić information content (AvgIpc) is 2.67. The van der Waals surface area contributed by atoms with Crippen LogP contribution >= 0.6 is 0 Å². The van der Waals surface area contributed by atoms with Gasteiger partial charge in [-0.05, 0) is 12.8 Å². The SMILES string of the molecule is CC[C@@H]1C[C@H](N2CCOCC2)CN1. The van der Waals surface area contributed by atoms with Gasteiger partial charge in [0, 0.05) is 31.7 Å². The molecule has 1 N–H and O–H groups in total. The van der Waals surface area contributed by atoms with Crippen molar-refractivity contribution in [3.8, 4) is 0 Å². The van der Waals surface area contributed by atoms with E-state index < -0.39 is 0 Å². The van der Waals surface area contributed by atoms with E-state index in [-0.39, 0.29) is 0 Å². The van der Waals surface area contributed by atoms with Crippen LogP contribution in [0.4, 0.5) is 0 Å². The van der Waals surface area contributed by atoms with Crippen LogP contribution in [0, 0.1) is 0 Å². The molecule has 2 saturated heterocycles. The second-order valence-corrected chi connectivity index (χ2v) is 4.05. The van der Waals surface area contributed by atoms with Gasteiger partial charge in [-0.25, -0.2) is 0 Å². The Morgan fingerprint density at radius 3 is 2.77 bits per heavy atom. The molecule has 0 radical (unpaired) electrons. The van der Waals surface area contributed by atoms with Crippen molar-refractivity contribution in [3.63, 3.8) is 0 Å². The van der Waals surface area contributed by atoms with E-state index in [0.717, 1.165) is 38.4 Å². The largest absolute Gasteiger partial charge is 0.379 e. The normalized spacial score (nSPS) is 36.7. The van der Waals surface area contributed by atoms with E-state index >= 15 is 0 Å². The Morgan fingerprint density at radius 2 is 2.15 bits per heavy atom. The van der Waals surface area contributed by atoms with Crippen LogP contribution in [-0.4, -0.2) is 49.8 Å². The Labute approximate surface area is 80.4 Å². The highest BCUT2D eigenvalue weighted by atomic mass is 16.5. The second-order valence-electron chi connectivity index (χ2n) is 4.05. The summed E-state index contributed by atoms with van der Waals surface area (Å²) in [6, 6.07) is 1.53. The Morgan fingerprint density at radius 1 is 1.38 bits per heavy atom. The maximum absolute atomic E-state index is 5.35. The van der Waals surface area contributed by atoms with Gasteiger partial charge >= 0.3 is 0 Å². The summed E-state index contributed by atoms with van der Waals surface area (Å²) in [5.41, 5.74) is 0. The summed E-state index contributed by atoms with van der Waals surface area (Å²) in [5, 5.41) is 3.57. The lowest BCUT2D eigenvalue weighted by Crippen LogP contribution is -2.44. The smallest absolute Gasteiger partial charge is 0.0594 e. The molecule has 0 aromatic carbocycles. The highest BCUT2D eigenvalue weighted by molar-refractivity contribution is 4.87. The Bertz CT molecular complexity index is 157. The number of morpholine rings is 1. The third kappa shape index (κ3) is 2.22. The van der Waals surface area contributed by atoms with Gasteiger partial charge in [0.2, 0.25) is 0 Å². The minimum absolute atomic E-state index is 0.757. The summed E-state index contributed by atoms with van der Waals surface area (Å²) in [4.78, 5) is 2.58. The van der Waals surface area contributed by atoms with Crippen molar-refractivity contribution in [2.75, 3.05) is 32.8 Å². The van der Waals surface area contributed by atoms with Crippen LogP contribution in [0.25, 0.3) is 0 Å². The molecule has 3 nitrogen and oxygen atoms in total. The summed E-state index contributed by atoms with van der Waals surface area (Å²) in [7, 11) is 0. The monoisotopic (exact) mass is 184 g/mol. The minimum atomic E-state index is 0.757. The summed E-state index contributed by atoms with van der Waals surface area (Å²) in [6.45, 7) is 7.55. The van der Waals surface area contributed by atoms with E-state index in [1.54, 1.807) is 0 Å². The predicted molar refractivity (Wildman–Crippen MR) is 52.9 cm³/mol. The van der Waals surface area contributed by atoms with Crippen molar-refractivity contribution in [2.45, 2.75) is 31.8 Å². The van der Waals surface area contributed by atoms with Gasteiger partial charge in [-0.15, -0.1) is 0 Å². The molecule has 2 rings (SSSR count). The quantitative estimate of drug-likeness (QED) is 0.675. The van der Waals surface area contributed by atoms with Gasteiger partial charge in [0.15, 0.2) is 0 Å². The molecule has 2 atom stereocenters. The first-order chi connectivity index (χ1) is 6.40. The second kappa shape index (κ2) is 4.40. The van der Waals surface area contributed by atoms with Crippen LogP contribution in [0.3, 0.4) is 0 Å². The molecule has 0 amide bonds. The van der Waals surface area contributed by atoms with Crippen molar-refractivity contribution in [2.24, 2.45) is 0 Å². The van der Waals surface area contributed by atoms with Crippen molar-refractivity contribution in [1.82, 2.24) is 10.2 Å². The lowest BCUT2D eigenvalue weighted by molar-refractivity contribution is 0.0201. The first-order valence-corrected chi connectivity index (χ1v) is 5.45. The van der Waals surface area contributed by atoms with Gasteiger partial charge in [0.25, 0.3) is 0 Å². The van der Waals surface area contributed by atoms with Crippen LogP contribution < -0.4 is 5.32 Å². The Balaban J connectivity index is 1.80. The van der Waals surface area contributed by atoms with Crippen LogP contribution in [0.5, 0.6) is 0 Å². The molecule has 2 aliphatic rings. The van der Waals surface area contributed by atoms with Crippen molar-refractivity contribution in [1.29, 1.82) is 0 Å². The highest BCUT2D eigenvalue weighted by Crippen LogP contribution is 2.16. The third-order valence-corrected chi connectivity index (χ3v) is 3.25. The van der Waals surface area contributed by atoms with Gasteiger partial charge in [-0.1, -0.05) is 6.92 Å². The van der Waals surface area contributed by atoms with Gasteiger partial charge in [0.1, 0.15) is 0 Å². The van der Waals surface area contributed by atoms with Gasteiger partial charge in [0.05, 0.1) is 13.2 Å². The fraction of sp³-hybridized carbons (Fsp3) is 1.00. The number of nitrogens with one attached hydrogen (secondary N) is 1. The molecule has 0 aromatic rings. The zero-order valence-corrected chi connectivity index (χ0v) is 8.46. The molecule has 0 saturated carbocycles. The average molecular weight is 184 g/mol. The summed E-state index contributed by atoms with van der Waals surface area (Å²) >= 11 is 0. The van der Waals surface area contributed by atoms with Crippen molar-refractivity contribution in [3.05, 3.63) is 0 Å². The topological polar surface area (TPSA) is 24.5 Å². The van der Waals surface area contributed by atoms with Crippen LogP contribution in [0.15, 0.2) is 0 Å². The van der Waals surface area contributed by atoms with Gasteiger partial charge in [-0.3, -0.25) is 4.90 Å². The molecule has 2 heterocycles. The molecular weight excluding hydrogens is 164 g/mol. The van der Waals surface area contributed by atoms with Gasteiger partial charge < -0.3 is 10.1 Å². The van der Waals surface area contributed by atoms with Crippen molar-refractivity contribution < 1.29 is 4.74 Å². The van der Waals surface area contributed by atoms with Crippen LogP contribution in [0.1, 0.15) is 19.8 Å². The minimum Gasteiger partial charge on any atom is -0.379 e. The number of hydrogen-bond acceptors (Lipinski definition) is 3. The van der Waals surface area contributed by atoms with E-state index in [4.69, 9.17) is 4.74 Å². The molecule has 0 bridgehead atoms. The third-order valence-electron chi connectivity index (χ3n) is 3.25. The number of rotatable bonds is 2. The summed E-state index contributed by atoms with van der Waals surface area (Å²) in [5.74, 6) is 0. The molecule has 0 aliphatic carbocycles. The zero-order chi connectivity index (χ0) is 9.10. The fourth-order valence-electron chi connectivity index (χ4n) is 2.33. The number of hydrogen-bond donors (Lipinski definition) is 1. The maximum atomic E-state index is 5.35. The standard InChI is InChI=1S/C10H20N2O/c1-2-9-7-10(8-11-9)12-3-5-13-6-4-12/h9-11H,2-8H2,1H3/t9-,10+/m1/s1. The molecular formula is C10H20N2O. The first-order valence-electron chi connectivity index (χ1n) is 5.45. The van der Waals surface area contributed by atoms with Crippen LogP contribution in [-0.2, 0) is 4.74 Å². The Hall–Kier alpha value is -0.120. The number of ether oxygens (including phenoxy) is 1. The lowest BCUT2D eigenvalue weighted by atomic mass is 10.1. The first kappa shape index (κ1) is 9.44. The highest BCUT2D eigenvalue weighted by Gasteiger charge is 2.28. The molecule has 0 aromatic heterocycles. The number of nitrogens with zero attached hydrogens (tertiary/aromatic N) is 1. The van der Waals surface area contributed by atoms with Crippen molar-refractivity contribution >= 4 is 0 Å². The van der Waals surface area contributed by atoms with E-state index in [0.29, 0.717) is 0 Å². The molecule has 13 heavy (non-hydrogen) atoms. The summed E-state index contributed by atoms with van der Waals surface area (Å²) < 4.78 is 5.35.